The van der Waals surface area contributed by atoms with Crippen LogP contribution in [-0.4, -0.2) is 15.9 Å². The van der Waals surface area contributed by atoms with Crippen LogP contribution in [0.25, 0.3) is 0 Å². The maximum atomic E-state index is 13.7. The summed E-state index contributed by atoms with van der Waals surface area (Å²) in [6.45, 7) is 1.93. The lowest BCUT2D eigenvalue weighted by Gasteiger charge is -1.98. The molecule has 2 aromatic heterocycles. The SMILES string of the molecule is Cc1csc(=Nc2ccccc2F)n1/N=C\c1ccncc1. The maximum Gasteiger partial charge on any atom is 0.211 e. The number of hydrogen-bond acceptors (Lipinski definition) is 4. The van der Waals surface area contributed by atoms with Crippen LogP contribution < -0.4 is 4.80 Å². The second-order valence-electron chi connectivity index (χ2n) is 4.56. The van der Waals surface area contributed by atoms with Crippen molar-refractivity contribution in [2.75, 3.05) is 0 Å². The standard InChI is InChI=1S/C16H13FN4S/c1-12-11-22-16(20-15-5-3-2-4-14(15)17)21(12)19-10-13-6-8-18-9-7-13/h2-11H,1H3/b19-10-,20-16?. The molecule has 0 spiro atoms. The summed E-state index contributed by atoms with van der Waals surface area (Å²) in [5.74, 6) is -0.349. The normalized spacial score (nSPS) is 12.2. The van der Waals surface area contributed by atoms with Crippen molar-refractivity contribution in [3.63, 3.8) is 0 Å². The molecule has 0 atom stereocenters. The second-order valence-corrected chi connectivity index (χ2v) is 5.40. The first-order valence-electron chi connectivity index (χ1n) is 6.65. The largest absolute Gasteiger partial charge is 0.265 e. The molecule has 0 aliphatic rings. The van der Waals surface area contributed by atoms with E-state index in [0.717, 1.165) is 11.3 Å². The van der Waals surface area contributed by atoms with Gasteiger partial charge in [0.05, 0.1) is 11.9 Å². The molecule has 0 saturated carbocycles. The Balaban J connectivity index is 2.02. The Labute approximate surface area is 130 Å². The molecule has 0 fully saturated rings. The summed E-state index contributed by atoms with van der Waals surface area (Å²) in [5.41, 5.74) is 2.17. The summed E-state index contributed by atoms with van der Waals surface area (Å²) in [7, 11) is 0. The number of aryl methyl sites for hydroxylation is 1. The first kappa shape index (κ1) is 14.3. The van der Waals surface area contributed by atoms with Gasteiger partial charge in [0.2, 0.25) is 4.80 Å². The van der Waals surface area contributed by atoms with Crippen LogP contribution in [0.3, 0.4) is 0 Å². The molecule has 0 amide bonds. The zero-order valence-corrected chi connectivity index (χ0v) is 12.7. The molecule has 1 aromatic carbocycles. The number of rotatable bonds is 3. The fourth-order valence-electron chi connectivity index (χ4n) is 1.82. The van der Waals surface area contributed by atoms with Gasteiger partial charge in [-0.05, 0) is 36.8 Å². The number of nitrogens with zero attached hydrogens (tertiary/aromatic N) is 4. The van der Waals surface area contributed by atoms with Crippen LogP contribution in [0.4, 0.5) is 10.1 Å². The van der Waals surface area contributed by atoms with Gasteiger partial charge in [-0.25, -0.2) is 14.1 Å². The molecule has 22 heavy (non-hydrogen) atoms. The van der Waals surface area contributed by atoms with Gasteiger partial charge in [0.1, 0.15) is 11.5 Å². The summed E-state index contributed by atoms with van der Waals surface area (Å²) < 4.78 is 15.4. The highest BCUT2D eigenvalue weighted by molar-refractivity contribution is 7.07. The van der Waals surface area contributed by atoms with E-state index in [1.54, 1.807) is 41.5 Å². The Morgan fingerprint density at radius 1 is 1.18 bits per heavy atom. The zero-order chi connectivity index (χ0) is 15.4. The number of benzene rings is 1. The van der Waals surface area contributed by atoms with Gasteiger partial charge in [-0.15, -0.1) is 11.3 Å². The van der Waals surface area contributed by atoms with Gasteiger partial charge in [0, 0.05) is 17.8 Å². The fourth-order valence-corrected chi connectivity index (χ4v) is 2.64. The molecule has 0 N–H and O–H groups in total. The van der Waals surface area contributed by atoms with E-state index in [1.807, 2.05) is 24.4 Å². The smallest absolute Gasteiger partial charge is 0.211 e. The van der Waals surface area contributed by atoms with E-state index < -0.39 is 0 Å². The van der Waals surface area contributed by atoms with Gasteiger partial charge < -0.3 is 0 Å². The molecule has 3 rings (SSSR count). The van der Waals surface area contributed by atoms with E-state index in [9.17, 15) is 4.39 Å². The van der Waals surface area contributed by atoms with Gasteiger partial charge in [0.25, 0.3) is 0 Å². The van der Waals surface area contributed by atoms with Crippen LogP contribution in [-0.2, 0) is 0 Å². The first-order valence-corrected chi connectivity index (χ1v) is 7.53. The molecular formula is C16H13FN4S. The van der Waals surface area contributed by atoms with E-state index in [4.69, 9.17) is 0 Å². The highest BCUT2D eigenvalue weighted by atomic mass is 32.1. The van der Waals surface area contributed by atoms with Gasteiger partial charge in [-0.1, -0.05) is 12.1 Å². The second kappa shape index (κ2) is 6.44. The quantitative estimate of drug-likeness (QED) is 0.682. The van der Waals surface area contributed by atoms with Gasteiger partial charge in [-0.2, -0.15) is 5.10 Å². The molecule has 0 saturated heterocycles. The molecule has 3 aromatic rings. The Morgan fingerprint density at radius 3 is 2.73 bits per heavy atom. The third-order valence-corrected chi connectivity index (χ3v) is 3.88. The van der Waals surface area contributed by atoms with Crippen LogP contribution in [0.1, 0.15) is 11.3 Å². The Hall–Kier alpha value is -2.60. The molecule has 2 heterocycles. The van der Waals surface area contributed by atoms with Crippen molar-refractivity contribution < 1.29 is 4.39 Å². The highest BCUT2D eigenvalue weighted by Crippen LogP contribution is 2.15. The van der Waals surface area contributed by atoms with Crippen LogP contribution in [0.2, 0.25) is 0 Å². The van der Waals surface area contributed by atoms with E-state index in [0.29, 0.717) is 10.5 Å². The van der Waals surface area contributed by atoms with Crippen molar-refractivity contribution in [3.05, 3.63) is 76.0 Å². The molecule has 0 bridgehead atoms. The van der Waals surface area contributed by atoms with E-state index in [-0.39, 0.29) is 5.82 Å². The Morgan fingerprint density at radius 2 is 1.95 bits per heavy atom. The van der Waals surface area contributed by atoms with Crippen molar-refractivity contribution >= 4 is 23.2 Å². The summed E-state index contributed by atoms with van der Waals surface area (Å²) in [6.07, 6.45) is 5.13. The Kier molecular flexibility index (Phi) is 4.20. The minimum absolute atomic E-state index is 0.303. The minimum atomic E-state index is -0.349. The molecule has 0 aliphatic carbocycles. The number of aromatic nitrogens is 2. The summed E-state index contributed by atoms with van der Waals surface area (Å²) in [6, 6.07) is 10.2. The molecule has 6 heteroatoms. The zero-order valence-electron chi connectivity index (χ0n) is 11.8. The molecule has 110 valence electrons. The van der Waals surface area contributed by atoms with Crippen molar-refractivity contribution in [3.8, 4) is 0 Å². The minimum Gasteiger partial charge on any atom is -0.265 e. The van der Waals surface area contributed by atoms with Crippen LogP contribution in [0, 0.1) is 12.7 Å². The van der Waals surface area contributed by atoms with Crippen molar-refractivity contribution in [1.82, 2.24) is 9.66 Å². The Bertz CT molecular complexity index is 865. The predicted molar refractivity (Wildman–Crippen MR) is 85.9 cm³/mol. The molecule has 0 radical (unpaired) electrons. The topological polar surface area (TPSA) is 42.5 Å². The lowest BCUT2D eigenvalue weighted by atomic mass is 10.3. The van der Waals surface area contributed by atoms with E-state index in [1.165, 1.54) is 17.4 Å². The average Bonchev–Trinajstić information content (AvgIpc) is 2.89. The number of pyridine rings is 1. The first-order chi connectivity index (χ1) is 10.7. The molecule has 0 aliphatic heterocycles. The molecule has 4 nitrogen and oxygen atoms in total. The number of halogens is 1. The van der Waals surface area contributed by atoms with Crippen molar-refractivity contribution in [1.29, 1.82) is 0 Å². The van der Waals surface area contributed by atoms with E-state index >= 15 is 0 Å². The fraction of sp³-hybridized carbons (Fsp3) is 0.0625. The summed E-state index contributed by atoms with van der Waals surface area (Å²) in [4.78, 5) is 8.94. The van der Waals surface area contributed by atoms with Crippen molar-refractivity contribution in [2.45, 2.75) is 6.92 Å². The monoisotopic (exact) mass is 312 g/mol. The van der Waals surface area contributed by atoms with Gasteiger partial charge in [0.15, 0.2) is 0 Å². The van der Waals surface area contributed by atoms with Crippen LogP contribution in [0.15, 0.2) is 64.3 Å². The average molecular weight is 312 g/mol. The van der Waals surface area contributed by atoms with E-state index in [2.05, 4.69) is 15.1 Å². The number of hydrogen-bond donors (Lipinski definition) is 0. The lowest BCUT2D eigenvalue weighted by molar-refractivity contribution is 0.628. The van der Waals surface area contributed by atoms with Crippen LogP contribution >= 0.6 is 11.3 Å². The maximum absolute atomic E-state index is 13.7. The molecule has 0 unspecified atom stereocenters. The third-order valence-electron chi connectivity index (χ3n) is 2.95. The lowest BCUT2D eigenvalue weighted by Crippen LogP contribution is -2.11. The summed E-state index contributed by atoms with van der Waals surface area (Å²) >= 11 is 1.42. The van der Waals surface area contributed by atoms with Gasteiger partial charge >= 0.3 is 0 Å². The predicted octanol–water partition coefficient (Wildman–Crippen LogP) is 3.51. The number of para-hydroxylation sites is 1. The number of thiazole rings is 1. The third kappa shape index (κ3) is 3.17. The highest BCUT2D eigenvalue weighted by Gasteiger charge is 2.02. The van der Waals surface area contributed by atoms with Gasteiger partial charge in [-0.3, -0.25) is 4.98 Å². The molecular weight excluding hydrogens is 299 g/mol. The van der Waals surface area contributed by atoms with Crippen LogP contribution in [0.5, 0.6) is 0 Å². The van der Waals surface area contributed by atoms with Crippen molar-refractivity contribution in [2.24, 2.45) is 10.1 Å². The summed E-state index contributed by atoms with van der Waals surface area (Å²) in [5, 5.41) is 6.35.